The minimum atomic E-state index is -1.57. The molecule has 1 aromatic carbocycles. The molecule has 1 atom stereocenters. The maximum absolute atomic E-state index is 13.4. The van der Waals surface area contributed by atoms with Crippen LogP contribution in [0.4, 0.5) is 10.1 Å². The van der Waals surface area contributed by atoms with Gasteiger partial charge in [0.15, 0.2) is 0 Å². The molecular formula is C10H10FNO5S. The van der Waals surface area contributed by atoms with Gasteiger partial charge in [0.05, 0.1) is 16.4 Å². The van der Waals surface area contributed by atoms with Gasteiger partial charge in [-0.2, -0.15) is 0 Å². The Hall–Kier alpha value is -1.67. The molecule has 0 aliphatic heterocycles. The van der Waals surface area contributed by atoms with Crippen LogP contribution in [0.15, 0.2) is 17.0 Å². The second-order valence-electron chi connectivity index (χ2n) is 3.47. The van der Waals surface area contributed by atoms with Crippen molar-refractivity contribution in [3.8, 4) is 0 Å². The van der Waals surface area contributed by atoms with Crippen LogP contribution >= 0.6 is 11.8 Å². The van der Waals surface area contributed by atoms with Crippen LogP contribution in [0.2, 0.25) is 0 Å². The maximum atomic E-state index is 13.4. The number of halogens is 1. The van der Waals surface area contributed by atoms with Crippen molar-refractivity contribution in [1.82, 2.24) is 0 Å². The first-order chi connectivity index (χ1) is 8.36. The Kier molecular flexibility index (Phi) is 4.62. The molecule has 6 nitrogen and oxygen atoms in total. The first-order valence-corrected chi connectivity index (χ1v) is 5.73. The minimum Gasteiger partial charge on any atom is -0.478 e. The highest BCUT2D eigenvalue weighted by molar-refractivity contribution is 8.00. The van der Waals surface area contributed by atoms with Gasteiger partial charge in [-0.15, -0.1) is 11.8 Å². The second kappa shape index (κ2) is 5.78. The number of carboxylic acid groups (broad SMARTS) is 1. The fraction of sp³-hybridized carbons (Fsp3) is 0.300. The topological polar surface area (TPSA) is 101 Å². The van der Waals surface area contributed by atoms with Crippen molar-refractivity contribution in [3.05, 3.63) is 33.6 Å². The molecule has 0 aliphatic rings. The van der Waals surface area contributed by atoms with Crippen LogP contribution in [0, 0.1) is 15.9 Å². The summed E-state index contributed by atoms with van der Waals surface area (Å²) in [6.45, 7) is 1.38. The van der Waals surface area contributed by atoms with Crippen molar-refractivity contribution in [1.29, 1.82) is 0 Å². The molecule has 8 heteroatoms. The normalized spacial score (nSPS) is 12.2. The second-order valence-corrected chi connectivity index (χ2v) is 4.95. The van der Waals surface area contributed by atoms with Gasteiger partial charge in [0.1, 0.15) is 11.4 Å². The van der Waals surface area contributed by atoms with E-state index >= 15 is 0 Å². The number of carbonyl (C=O) groups is 1. The number of nitro groups is 1. The molecule has 0 saturated carbocycles. The van der Waals surface area contributed by atoms with E-state index < -0.39 is 28.0 Å². The van der Waals surface area contributed by atoms with Gasteiger partial charge in [-0.05, 0) is 6.07 Å². The molecule has 0 bridgehead atoms. The van der Waals surface area contributed by atoms with Crippen LogP contribution < -0.4 is 0 Å². The lowest BCUT2D eigenvalue weighted by Crippen LogP contribution is -2.06. The van der Waals surface area contributed by atoms with Gasteiger partial charge >= 0.3 is 5.97 Å². The monoisotopic (exact) mass is 275 g/mol. The van der Waals surface area contributed by atoms with Crippen molar-refractivity contribution in [2.75, 3.05) is 6.61 Å². The molecule has 0 aromatic heterocycles. The first kappa shape index (κ1) is 14.4. The van der Waals surface area contributed by atoms with Crippen molar-refractivity contribution in [3.63, 3.8) is 0 Å². The number of thioether (sulfide) groups is 1. The summed E-state index contributed by atoms with van der Waals surface area (Å²) in [4.78, 5) is 20.7. The molecule has 18 heavy (non-hydrogen) atoms. The lowest BCUT2D eigenvalue weighted by Gasteiger charge is -2.09. The SMILES string of the molecule is CC(CO)Sc1cc(F)c(C(=O)O)cc1[N+](=O)[O-]. The highest BCUT2D eigenvalue weighted by atomic mass is 32.2. The Morgan fingerprint density at radius 1 is 1.61 bits per heavy atom. The van der Waals surface area contributed by atoms with Crippen LogP contribution in [0.25, 0.3) is 0 Å². The van der Waals surface area contributed by atoms with E-state index in [1.165, 1.54) is 0 Å². The smallest absolute Gasteiger partial charge is 0.338 e. The lowest BCUT2D eigenvalue weighted by molar-refractivity contribution is -0.387. The fourth-order valence-electron chi connectivity index (χ4n) is 1.20. The van der Waals surface area contributed by atoms with Gasteiger partial charge < -0.3 is 10.2 Å². The molecule has 0 amide bonds. The zero-order chi connectivity index (χ0) is 13.9. The Balaban J connectivity index is 3.29. The fourth-order valence-corrected chi connectivity index (χ4v) is 2.13. The van der Waals surface area contributed by atoms with E-state index in [1.54, 1.807) is 6.92 Å². The molecule has 0 radical (unpaired) electrons. The maximum Gasteiger partial charge on any atom is 0.338 e. The van der Waals surface area contributed by atoms with Crippen molar-refractivity contribution >= 4 is 23.4 Å². The standard InChI is InChI=1S/C10H10FNO5S/c1-5(4-13)18-9-3-7(11)6(10(14)15)2-8(9)12(16)17/h2-3,5,13H,4H2,1H3,(H,14,15). The van der Waals surface area contributed by atoms with Crippen LogP contribution in [0.5, 0.6) is 0 Å². The van der Waals surface area contributed by atoms with E-state index in [0.29, 0.717) is 6.07 Å². The van der Waals surface area contributed by atoms with Crippen LogP contribution in [0.3, 0.4) is 0 Å². The predicted octanol–water partition coefficient (Wildman–Crippen LogP) is 1.91. The number of hydrogen-bond acceptors (Lipinski definition) is 5. The summed E-state index contributed by atoms with van der Waals surface area (Å²) in [5.41, 5.74) is -1.23. The van der Waals surface area contributed by atoms with Gasteiger partial charge in [-0.1, -0.05) is 6.92 Å². The van der Waals surface area contributed by atoms with E-state index in [9.17, 15) is 19.3 Å². The quantitative estimate of drug-likeness (QED) is 0.483. The molecule has 1 unspecified atom stereocenters. The third kappa shape index (κ3) is 3.17. The number of nitrogens with zero attached hydrogens (tertiary/aromatic N) is 1. The molecule has 2 N–H and O–H groups in total. The van der Waals surface area contributed by atoms with Crippen molar-refractivity contribution < 1.29 is 24.3 Å². The van der Waals surface area contributed by atoms with E-state index in [2.05, 4.69) is 0 Å². The van der Waals surface area contributed by atoms with Gasteiger partial charge in [0, 0.05) is 11.3 Å². The molecule has 0 fully saturated rings. The minimum absolute atomic E-state index is 0.0101. The van der Waals surface area contributed by atoms with Crippen LogP contribution in [-0.4, -0.2) is 33.0 Å². The van der Waals surface area contributed by atoms with Gasteiger partial charge in [-0.3, -0.25) is 10.1 Å². The zero-order valence-electron chi connectivity index (χ0n) is 9.29. The van der Waals surface area contributed by atoms with E-state index in [-0.39, 0.29) is 16.8 Å². The number of aliphatic hydroxyl groups excluding tert-OH is 1. The van der Waals surface area contributed by atoms with Gasteiger partial charge in [-0.25, -0.2) is 9.18 Å². The highest BCUT2D eigenvalue weighted by Gasteiger charge is 2.23. The summed E-state index contributed by atoms with van der Waals surface area (Å²) in [6, 6.07) is 1.49. The Bertz CT molecular complexity index is 493. The average Bonchev–Trinajstić information content (AvgIpc) is 2.27. The molecule has 1 rings (SSSR count). The molecular weight excluding hydrogens is 265 g/mol. The summed E-state index contributed by atoms with van der Waals surface area (Å²) in [5.74, 6) is -2.61. The van der Waals surface area contributed by atoms with E-state index in [0.717, 1.165) is 17.8 Å². The summed E-state index contributed by atoms with van der Waals surface area (Å²) < 4.78 is 13.4. The van der Waals surface area contributed by atoms with Gasteiger partial charge in [0.2, 0.25) is 0 Å². The lowest BCUT2D eigenvalue weighted by atomic mass is 10.2. The van der Waals surface area contributed by atoms with Gasteiger partial charge in [0.25, 0.3) is 5.69 Å². The zero-order valence-corrected chi connectivity index (χ0v) is 10.1. The van der Waals surface area contributed by atoms with Crippen LogP contribution in [0.1, 0.15) is 17.3 Å². The number of aliphatic hydroxyl groups is 1. The largest absolute Gasteiger partial charge is 0.478 e. The number of benzene rings is 1. The summed E-state index contributed by atoms with van der Waals surface area (Å²) in [7, 11) is 0. The Labute approximate surface area is 106 Å². The third-order valence-corrected chi connectivity index (χ3v) is 3.19. The molecule has 1 aromatic rings. The summed E-state index contributed by atoms with van der Waals surface area (Å²) in [5, 5.41) is 28.0. The van der Waals surface area contributed by atoms with E-state index in [4.69, 9.17) is 10.2 Å². The first-order valence-electron chi connectivity index (χ1n) is 4.85. The number of nitro benzene ring substituents is 1. The average molecular weight is 275 g/mol. The molecule has 98 valence electrons. The Morgan fingerprint density at radius 3 is 2.67 bits per heavy atom. The molecule has 0 aliphatic carbocycles. The molecule has 0 heterocycles. The molecule has 0 saturated heterocycles. The number of aromatic carboxylic acids is 1. The van der Waals surface area contributed by atoms with E-state index in [1.807, 2.05) is 0 Å². The van der Waals surface area contributed by atoms with Crippen LogP contribution in [-0.2, 0) is 0 Å². The van der Waals surface area contributed by atoms with Crippen molar-refractivity contribution in [2.45, 2.75) is 17.1 Å². The Morgan fingerprint density at radius 2 is 2.22 bits per heavy atom. The third-order valence-electron chi connectivity index (χ3n) is 2.06. The molecule has 0 spiro atoms. The number of hydrogen-bond donors (Lipinski definition) is 2. The number of carboxylic acids is 1. The number of rotatable bonds is 5. The highest BCUT2D eigenvalue weighted by Crippen LogP contribution is 2.34. The van der Waals surface area contributed by atoms with Crippen molar-refractivity contribution in [2.24, 2.45) is 0 Å². The summed E-state index contributed by atoms with van der Waals surface area (Å²) >= 11 is 0.909. The summed E-state index contributed by atoms with van der Waals surface area (Å²) in [6.07, 6.45) is 0. The predicted molar refractivity (Wildman–Crippen MR) is 62.4 cm³/mol.